The Hall–Kier alpha value is -5.43. The number of nitro groups is 1. The van der Waals surface area contributed by atoms with Crippen molar-refractivity contribution in [1.82, 2.24) is 14.8 Å². The molecule has 0 saturated heterocycles. The zero-order chi connectivity index (χ0) is 28.2. The van der Waals surface area contributed by atoms with Crippen LogP contribution >= 0.6 is 11.3 Å². The van der Waals surface area contributed by atoms with Crippen LogP contribution in [0.5, 0.6) is 5.75 Å². The van der Waals surface area contributed by atoms with E-state index in [0.29, 0.717) is 39.1 Å². The van der Waals surface area contributed by atoms with Crippen molar-refractivity contribution in [2.75, 3.05) is 14.2 Å². The number of aromatic amines is 1. The molecule has 2 aromatic heterocycles. The molecule has 0 saturated carbocycles. The van der Waals surface area contributed by atoms with E-state index in [1.54, 1.807) is 19.2 Å². The number of aromatic nitrogens is 3. The van der Waals surface area contributed by atoms with Crippen molar-refractivity contribution in [2.45, 2.75) is 0 Å². The molecule has 0 atom stereocenters. The molecule has 0 unspecified atom stereocenters. The van der Waals surface area contributed by atoms with Crippen molar-refractivity contribution in [3.05, 3.63) is 104 Å². The highest BCUT2D eigenvalue weighted by atomic mass is 32.1. The molecule has 0 spiro atoms. The van der Waals surface area contributed by atoms with Gasteiger partial charge in [0.1, 0.15) is 5.75 Å². The number of methoxy groups -OCH3 is 2. The molecule has 1 N–H and O–H groups in total. The van der Waals surface area contributed by atoms with Gasteiger partial charge < -0.3 is 9.47 Å². The maximum absolute atomic E-state index is 13.5. The number of nitrogens with zero attached hydrogens (tertiary/aromatic N) is 5. The number of hydrogen-bond acceptors (Lipinski definition) is 10. The number of nitro benzene ring substituents is 1. The number of benzene rings is 3. The summed E-state index contributed by atoms with van der Waals surface area (Å²) in [4.78, 5) is 40.5. The van der Waals surface area contributed by atoms with Crippen LogP contribution in [0.4, 0.5) is 17.1 Å². The van der Waals surface area contributed by atoms with Gasteiger partial charge in [0.05, 0.1) is 41.8 Å². The van der Waals surface area contributed by atoms with Gasteiger partial charge in [-0.3, -0.25) is 20.0 Å². The molecule has 0 aliphatic carbocycles. The zero-order valence-corrected chi connectivity index (χ0v) is 21.9. The van der Waals surface area contributed by atoms with Gasteiger partial charge in [0.2, 0.25) is 5.13 Å². The molecule has 40 heavy (non-hydrogen) atoms. The molecule has 5 rings (SSSR count). The molecular formula is C27H20N6O6S. The number of H-pyrrole nitrogens is 1. The van der Waals surface area contributed by atoms with Gasteiger partial charge in [0, 0.05) is 28.6 Å². The molecular weight excluding hydrogens is 536 g/mol. The third-order valence-corrected chi connectivity index (χ3v) is 6.68. The van der Waals surface area contributed by atoms with Crippen LogP contribution in [0.1, 0.15) is 10.4 Å². The summed E-state index contributed by atoms with van der Waals surface area (Å²) in [6, 6.07) is 19.3. The summed E-state index contributed by atoms with van der Waals surface area (Å²) in [5.74, 6) is 0.220. The highest BCUT2D eigenvalue weighted by Crippen LogP contribution is 2.31. The van der Waals surface area contributed by atoms with Crippen molar-refractivity contribution >= 4 is 34.4 Å². The van der Waals surface area contributed by atoms with E-state index in [1.165, 1.54) is 59.5 Å². The van der Waals surface area contributed by atoms with E-state index in [-0.39, 0.29) is 11.4 Å². The van der Waals surface area contributed by atoms with Gasteiger partial charge >= 0.3 is 11.5 Å². The first-order valence-electron chi connectivity index (χ1n) is 11.7. The quantitative estimate of drug-likeness (QED) is 0.105. The third-order valence-electron chi connectivity index (χ3n) is 5.86. The molecule has 0 aliphatic heterocycles. The van der Waals surface area contributed by atoms with Gasteiger partial charge in [-0.1, -0.05) is 0 Å². The van der Waals surface area contributed by atoms with Crippen LogP contribution in [0, 0.1) is 10.1 Å². The number of carbonyl (C=O) groups is 1. The lowest BCUT2D eigenvalue weighted by Gasteiger charge is -2.01. The normalized spacial score (nSPS) is 11.1. The van der Waals surface area contributed by atoms with Crippen LogP contribution in [0.15, 0.2) is 93.2 Å². The van der Waals surface area contributed by atoms with E-state index < -0.39 is 16.5 Å². The van der Waals surface area contributed by atoms with E-state index in [2.05, 4.69) is 20.3 Å². The Labute approximate surface area is 230 Å². The first-order chi connectivity index (χ1) is 19.4. The van der Waals surface area contributed by atoms with Crippen LogP contribution < -0.4 is 10.3 Å². The van der Waals surface area contributed by atoms with E-state index in [4.69, 9.17) is 9.47 Å². The summed E-state index contributed by atoms with van der Waals surface area (Å²) in [5, 5.41) is 24.7. The van der Waals surface area contributed by atoms with Crippen molar-refractivity contribution in [3.8, 4) is 33.4 Å². The van der Waals surface area contributed by atoms with E-state index in [0.717, 1.165) is 5.56 Å². The number of non-ortho nitro benzene ring substituents is 1. The topological polar surface area (TPSA) is 154 Å². The molecule has 0 aliphatic rings. The second-order valence-electron chi connectivity index (χ2n) is 8.26. The number of nitrogens with one attached hydrogen (secondary N) is 1. The van der Waals surface area contributed by atoms with Gasteiger partial charge in [-0.2, -0.15) is 9.80 Å². The minimum absolute atomic E-state index is 0.0212. The van der Waals surface area contributed by atoms with Crippen molar-refractivity contribution in [1.29, 1.82) is 0 Å². The number of rotatable bonds is 8. The largest absolute Gasteiger partial charge is 0.497 e. The smallest absolute Gasteiger partial charge is 0.337 e. The number of ether oxygens (including phenoxy) is 2. The minimum atomic E-state index is -0.515. The van der Waals surface area contributed by atoms with Crippen molar-refractivity contribution in [3.63, 3.8) is 0 Å². The molecule has 12 nitrogen and oxygen atoms in total. The number of esters is 1. The predicted octanol–water partition coefficient (Wildman–Crippen LogP) is 6.07. The summed E-state index contributed by atoms with van der Waals surface area (Å²) in [6.45, 7) is 0. The van der Waals surface area contributed by atoms with E-state index in [1.807, 2.05) is 29.6 Å². The van der Waals surface area contributed by atoms with Gasteiger partial charge in [-0.25, -0.2) is 9.78 Å². The Morgan fingerprint density at radius 1 is 0.975 bits per heavy atom. The van der Waals surface area contributed by atoms with Crippen LogP contribution in [-0.4, -0.2) is 39.9 Å². The maximum atomic E-state index is 13.5. The molecule has 200 valence electrons. The SMILES string of the molecule is COC(=O)c1ccc(N=Nc2c(-c3ccc([N+](=O)[O-])cc3)[nH]n(-c3nc(-c4ccc(OC)cc4)cs3)c2=O)cc1. The minimum Gasteiger partial charge on any atom is -0.497 e. The first-order valence-corrected chi connectivity index (χ1v) is 12.6. The van der Waals surface area contributed by atoms with Crippen molar-refractivity contribution in [2.24, 2.45) is 10.2 Å². The molecule has 0 radical (unpaired) electrons. The number of thiazole rings is 1. The molecule has 5 aromatic rings. The van der Waals surface area contributed by atoms with Gasteiger partial charge in [0.15, 0.2) is 5.69 Å². The molecule has 0 fully saturated rings. The average molecular weight is 557 g/mol. The highest BCUT2D eigenvalue weighted by molar-refractivity contribution is 7.12. The van der Waals surface area contributed by atoms with E-state index in [9.17, 15) is 19.7 Å². The fraction of sp³-hybridized carbons (Fsp3) is 0.0741. The van der Waals surface area contributed by atoms with Crippen LogP contribution in [0.2, 0.25) is 0 Å². The average Bonchev–Trinajstić information content (AvgIpc) is 3.60. The Morgan fingerprint density at radius 2 is 1.65 bits per heavy atom. The fourth-order valence-corrected chi connectivity index (χ4v) is 4.55. The monoisotopic (exact) mass is 556 g/mol. The lowest BCUT2D eigenvalue weighted by molar-refractivity contribution is -0.384. The lowest BCUT2D eigenvalue weighted by atomic mass is 10.1. The molecule has 0 amide bonds. The molecule has 2 heterocycles. The van der Waals surface area contributed by atoms with E-state index >= 15 is 0 Å². The summed E-state index contributed by atoms with van der Waals surface area (Å²) in [7, 11) is 2.87. The van der Waals surface area contributed by atoms with Gasteiger partial charge in [-0.15, -0.1) is 16.5 Å². The summed E-state index contributed by atoms with van der Waals surface area (Å²) in [6.07, 6.45) is 0. The predicted molar refractivity (Wildman–Crippen MR) is 148 cm³/mol. The summed E-state index contributed by atoms with van der Waals surface area (Å²) in [5.41, 5.74) is 2.40. The van der Waals surface area contributed by atoms with Crippen LogP contribution in [-0.2, 0) is 4.74 Å². The second kappa shape index (κ2) is 11.1. The lowest BCUT2D eigenvalue weighted by Crippen LogP contribution is -2.13. The van der Waals surface area contributed by atoms with Gasteiger partial charge in [0.25, 0.3) is 5.69 Å². The standard InChI is InChI=1S/C27H20N6O6S/c1-38-21-13-7-16(8-14-21)22-15-40-27(28-22)32-25(34)24(23(31-32)17-5-11-20(12-6-17)33(36)37)30-29-19-9-3-18(4-10-19)26(35)39-2/h3-15,31H,1-2H3. The molecule has 13 heteroatoms. The van der Waals surface area contributed by atoms with Crippen LogP contribution in [0.3, 0.4) is 0 Å². The summed E-state index contributed by atoms with van der Waals surface area (Å²) < 4.78 is 11.2. The number of azo groups is 1. The Kier molecular flexibility index (Phi) is 7.29. The second-order valence-corrected chi connectivity index (χ2v) is 9.10. The Morgan fingerprint density at radius 3 is 2.27 bits per heavy atom. The Balaban J connectivity index is 1.55. The first kappa shape index (κ1) is 26.2. The highest BCUT2D eigenvalue weighted by Gasteiger charge is 2.20. The maximum Gasteiger partial charge on any atom is 0.337 e. The fourth-order valence-electron chi connectivity index (χ4n) is 3.76. The number of carbonyl (C=O) groups excluding carboxylic acids is 1. The number of hydrogen-bond donors (Lipinski definition) is 1. The summed E-state index contributed by atoms with van der Waals surface area (Å²) >= 11 is 1.25. The van der Waals surface area contributed by atoms with Gasteiger partial charge in [-0.05, 0) is 60.7 Å². The zero-order valence-electron chi connectivity index (χ0n) is 21.1. The van der Waals surface area contributed by atoms with Crippen molar-refractivity contribution < 1.29 is 19.2 Å². The molecule has 3 aromatic carbocycles. The van der Waals surface area contributed by atoms with Crippen LogP contribution in [0.25, 0.3) is 27.6 Å². The molecule has 0 bridgehead atoms. The Bertz CT molecular complexity index is 1770. The third kappa shape index (κ3) is 5.26.